The molecule has 1 fully saturated rings. The summed E-state index contributed by atoms with van der Waals surface area (Å²) in [6.07, 6.45) is 4.29. The van der Waals surface area contributed by atoms with E-state index in [0.29, 0.717) is 12.6 Å². The lowest BCUT2D eigenvalue weighted by Gasteiger charge is -2.34. The minimum atomic E-state index is 0. The van der Waals surface area contributed by atoms with Gasteiger partial charge in [0.15, 0.2) is 5.96 Å². The lowest BCUT2D eigenvalue weighted by atomic mass is 10.0. The Morgan fingerprint density at radius 3 is 2.67 bits per heavy atom. The van der Waals surface area contributed by atoms with E-state index in [1.807, 2.05) is 6.20 Å². The van der Waals surface area contributed by atoms with Crippen LogP contribution in [0.3, 0.4) is 0 Å². The number of hydrogen-bond donors (Lipinski definition) is 2. The molecule has 1 aromatic heterocycles. The Hall–Kier alpha value is -0.410. The second-order valence-corrected chi connectivity index (χ2v) is 7.99. The van der Waals surface area contributed by atoms with Crippen molar-refractivity contribution in [1.82, 2.24) is 20.5 Å². The highest BCUT2D eigenvalue weighted by molar-refractivity contribution is 14.0. The minimum Gasteiger partial charge on any atom is -0.357 e. The molecule has 1 aliphatic rings. The van der Waals surface area contributed by atoms with Crippen LogP contribution >= 0.6 is 35.3 Å². The summed E-state index contributed by atoms with van der Waals surface area (Å²) >= 11 is 1.72. The first-order valence-electron chi connectivity index (χ1n) is 8.75. The van der Waals surface area contributed by atoms with Crippen LogP contribution in [0.4, 0.5) is 0 Å². The summed E-state index contributed by atoms with van der Waals surface area (Å²) in [5.41, 5.74) is 0. The Kier molecular flexibility index (Phi) is 10.1. The van der Waals surface area contributed by atoms with E-state index < -0.39 is 0 Å². The number of likely N-dealkylation sites (tertiary alicyclic amines) is 1. The smallest absolute Gasteiger partial charge is 0.191 e. The maximum Gasteiger partial charge on any atom is 0.191 e. The lowest BCUT2D eigenvalue weighted by molar-refractivity contribution is 0.187. The van der Waals surface area contributed by atoms with Crippen LogP contribution in [0.25, 0.3) is 0 Å². The highest BCUT2D eigenvalue weighted by atomic mass is 127. The van der Waals surface area contributed by atoms with E-state index in [4.69, 9.17) is 0 Å². The zero-order valence-corrected chi connectivity index (χ0v) is 18.5. The topological polar surface area (TPSA) is 52.6 Å². The van der Waals surface area contributed by atoms with Crippen LogP contribution < -0.4 is 10.6 Å². The van der Waals surface area contributed by atoms with Gasteiger partial charge in [0, 0.05) is 43.3 Å². The molecule has 0 amide bonds. The van der Waals surface area contributed by atoms with Crippen molar-refractivity contribution in [3.63, 3.8) is 0 Å². The van der Waals surface area contributed by atoms with Gasteiger partial charge in [0.2, 0.25) is 0 Å². The summed E-state index contributed by atoms with van der Waals surface area (Å²) in [5, 5.41) is 8.02. The first-order chi connectivity index (χ1) is 11.1. The zero-order valence-electron chi connectivity index (χ0n) is 15.3. The van der Waals surface area contributed by atoms with Gasteiger partial charge in [-0.05, 0) is 32.6 Å². The molecule has 0 aliphatic carbocycles. The quantitative estimate of drug-likeness (QED) is 0.385. The molecule has 0 radical (unpaired) electrons. The van der Waals surface area contributed by atoms with Crippen LogP contribution in [-0.4, -0.2) is 48.1 Å². The van der Waals surface area contributed by atoms with Crippen molar-refractivity contribution in [2.75, 3.05) is 26.2 Å². The average Bonchev–Trinajstić information content (AvgIpc) is 2.92. The monoisotopic (exact) mass is 465 g/mol. The Morgan fingerprint density at radius 2 is 2.12 bits per heavy atom. The first-order valence-corrected chi connectivity index (χ1v) is 9.57. The molecule has 0 atom stereocenters. The van der Waals surface area contributed by atoms with Gasteiger partial charge in [-0.3, -0.25) is 0 Å². The summed E-state index contributed by atoms with van der Waals surface area (Å²) in [6, 6.07) is 0.522. The number of nitrogens with one attached hydrogen (secondary N) is 2. The number of aromatic nitrogens is 1. The number of hydrogen-bond acceptors (Lipinski definition) is 4. The lowest BCUT2D eigenvalue weighted by Crippen LogP contribution is -2.49. The SMILES string of the molecule is CCNC(=NCc1ncc(C)s1)NC1CCN(CC(C)C)CC1.I. The predicted molar refractivity (Wildman–Crippen MR) is 115 cm³/mol. The number of aryl methyl sites for hydroxylation is 1. The van der Waals surface area contributed by atoms with Gasteiger partial charge in [0.1, 0.15) is 5.01 Å². The number of rotatable bonds is 6. The number of piperidine rings is 1. The van der Waals surface area contributed by atoms with Gasteiger partial charge >= 0.3 is 0 Å². The van der Waals surface area contributed by atoms with Crippen LogP contribution in [-0.2, 0) is 6.54 Å². The summed E-state index contributed by atoms with van der Waals surface area (Å²) in [4.78, 5) is 12.9. The molecule has 0 spiro atoms. The maximum atomic E-state index is 4.69. The molecule has 2 heterocycles. The van der Waals surface area contributed by atoms with Crippen molar-refractivity contribution >= 4 is 41.3 Å². The third kappa shape index (κ3) is 7.65. The number of nitrogens with zero attached hydrogens (tertiary/aromatic N) is 3. The van der Waals surface area contributed by atoms with Gasteiger partial charge in [-0.2, -0.15) is 0 Å². The predicted octanol–water partition coefficient (Wildman–Crippen LogP) is 3.25. The van der Waals surface area contributed by atoms with Gasteiger partial charge in [-0.25, -0.2) is 9.98 Å². The van der Waals surface area contributed by atoms with E-state index in [2.05, 4.69) is 53.2 Å². The van der Waals surface area contributed by atoms with Crippen molar-refractivity contribution in [2.45, 2.75) is 53.1 Å². The fourth-order valence-electron chi connectivity index (χ4n) is 2.91. The molecule has 1 saturated heterocycles. The fraction of sp³-hybridized carbons (Fsp3) is 0.765. The first kappa shape index (κ1) is 21.6. The van der Waals surface area contributed by atoms with Crippen LogP contribution in [0.1, 0.15) is 43.5 Å². The van der Waals surface area contributed by atoms with Crippen LogP contribution in [0.5, 0.6) is 0 Å². The minimum absolute atomic E-state index is 0. The number of thiazole rings is 1. The molecule has 0 unspecified atom stereocenters. The molecule has 2 N–H and O–H groups in total. The van der Waals surface area contributed by atoms with Crippen LogP contribution in [0.2, 0.25) is 0 Å². The molecule has 0 bridgehead atoms. The third-order valence-electron chi connectivity index (χ3n) is 3.94. The van der Waals surface area contributed by atoms with Crippen LogP contribution in [0.15, 0.2) is 11.2 Å². The normalized spacial score (nSPS) is 17.0. The molecule has 2 rings (SSSR count). The van der Waals surface area contributed by atoms with Crippen molar-refractivity contribution in [3.8, 4) is 0 Å². The molecule has 0 aromatic carbocycles. The van der Waals surface area contributed by atoms with E-state index in [0.717, 1.165) is 23.4 Å². The molecule has 0 saturated carbocycles. The summed E-state index contributed by atoms with van der Waals surface area (Å²) < 4.78 is 0. The highest BCUT2D eigenvalue weighted by Gasteiger charge is 2.20. The second kappa shape index (κ2) is 11.3. The zero-order chi connectivity index (χ0) is 16.7. The number of halogens is 1. The Labute approximate surface area is 167 Å². The molecule has 1 aliphatic heterocycles. The number of aliphatic imine (C=N–C) groups is 1. The van der Waals surface area contributed by atoms with E-state index in [-0.39, 0.29) is 24.0 Å². The van der Waals surface area contributed by atoms with Gasteiger partial charge in [0.05, 0.1) is 6.54 Å². The Morgan fingerprint density at radius 1 is 1.42 bits per heavy atom. The molecular formula is C17H32IN5S. The van der Waals surface area contributed by atoms with Crippen molar-refractivity contribution in [3.05, 3.63) is 16.1 Å². The largest absolute Gasteiger partial charge is 0.357 e. The van der Waals surface area contributed by atoms with E-state index in [9.17, 15) is 0 Å². The fourth-order valence-corrected chi connectivity index (χ4v) is 3.62. The number of guanidine groups is 1. The maximum absolute atomic E-state index is 4.69. The molecule has 1 aromatic rings. The average molecular weight is 465 g/mol. The summed E-state index contributed by atoms with van der Waals surface area (Å²) in [5.74, 6) is 1.67. The van der Waals surface area contributed by atoms with Crippen molar-refractivity contribution in [2.24, 2.45) is 10.9 Å². The molecular weight excluding hydrogens is 433 g/mol. The Balaban J connectivity index is 0.00000288. The molecule has 7 heteroatoms. The van der Waals surface area contributed by atoms with Gasteiger partial charge in [-0.1, -0.05) is 13.8 Å². The highest BCUT2D eigenvalue weighted by Crippen LogP contribution is 2.13. The molecule has 24 heavy (non-hydrogen) atoms. The van der Waals surface area contributed by atoms with Gasteiger partial charge in [0.25, 0.3) is 0 Å². The van der Waals surface area contributed by atoms with Crippen LogP contribution in [0, 0.1) is 12.8 Å². The van der Waals surface area contributed by atoms with Crippen molar-refractivity contribution in [1.29, 1.82) is 0 Å². The van der Waals surface area contributed by atoms with Gasteiger partial charge < -0.3 is 15.5 Å². The standard InChI is InChI=1S/C17H31N5S.HI/c1-5-18-17(20-11-16-19-10-14(4)23-16)21-15-6-8-22(9-7-15)12-13(2)3;/h10,13,15H,5-9,11-12H2,1-4H3,(H2,18,20,21);1H. The third-order valence-corrected chi connectivity index (χ3v) is 4.84. The van der Waals surface area contributed by atoms with Crippen molar-refractivity contribution < 1.29 is 0 Å². The van der Waals surface area contributed by atoms with E-state index >= 15 is 0 Å². The summed E-state index contributed by atoms with van der Waals surface area (Å²) in [7, 11) is 0. The molecule has 5 nitrogen and oxygen atoms in total. The van der Waals surface area contributed by atoms with E-state index in [1.54, 1.807) is 11.3 Å². The summed E-state index contributed by atoms with van der Waals surface area (Å²) in [6.45, 7) is 13.9. The molecule has 138 valence electrons. The second-order valence-electron chi connectivity index (χ2n) is 6.67. The van der Waals surface area contributed by atoms with E-state index in [1.165, 1.54) is 37.4 Å². The Bertz CT molecular complexity index is 495. The van der Waals surface area contributed by atoms with Gasteiger partial charge in [-0.15, -0.1) is 35.3 Å².